The van der Waals surface area contributed by atoms with Gasteiger partial charge in [-0.3, -0.25) is 9.97 Å². The molecule has 0 N–H and O–H groups in total. The van der Waals surface area contributed by atoms with E-state index in [1.54, 1.807) is 0 Å². The third-order valence-electron chi connectivity index (χ3n) is 7.24. The summed E-state index contributed by atoms with van der Waals surface area (Å²) < 4.78 is 1.40. The van der Waals surface area contributed by atoms with Gasteiger partial charge in [0.25, 0.3) is 0 Å². The minimum absolute atomic E-state index is 0.862. The minimum atomic E-state index is -1.45. The molecule has 0 radical (unpaired) electrons. The fraction of sp³-hybridized carbons (Fsp3) is 0.438. The molecule has 0 saturated carbocycles. The Labute approximate surface area is 243 Å². The normalized spacial score (nSPS) is 11.0. The van der Waals surface area contributed by atoms with Crippen molar-refractivity contribution in [2.75, 3.05) is 0 Å². The Morgan fingerprint density at radius 3 is 1.76 bits per heavy atom. The lowest BCUT2D eigenvalue weighted by atomic mass is 10.0. The van der Waals surface area contributed by atoms with Gasteiger partial charge in [0.1, 0.15) is 8.07 Å². The van der Waals surface area contributed by atoms with Crippen molar-refractivity contribution < 1.29 is 0 Å². The number of hydrogen-bond acceptors (Lipinski definition) is 3. The first-order valence-electron chi connectivity index (χ1n) is 13.8. The fourth-order valence-electron chi connectivity index (χ4n) is 4.38. The first-order valence-corrected chi connectivity index (χ1v) is 18.3. The van der Waals surface area contributed by atoms with Crippen LogP contribution in [0.15, 0.2) is 36.7 Å². The van der Waals surface area contributed by atoms with Crippen molar-refractivity contribution >= 4 is 42.0 Å². The van der Waals surface area contributed by atoms with Crippen LogP contribution in [0.25, 0.3) is 11.4 Å². The van der Waals surface area contributed by atoms with Crippen LogP contribution in [0.2, 0.25) is 18.1 Å². The van der Waals surface area contributed by atoms with Crippen LogP contribution in [-0.4, -0.2) is 18.0 Å². The summed E-state index contributed by atoms with van der Waals surface area (Å²) in [6.45, 7) is 11.4. The molecular formula is C32H39IN2SSi. The van der Waals surface area contributed by atoms with Crippen molar-refractivity contribution in [3.8, 4) is 34.7 Å². The highest BCUT2D eigenvalue weighted by molar-refractivity contribution is 14.1. The molecule has 5 heteroatoms. The van der Waals surface area contributed by atoms with Gasteiger partial charge in [0.15, 0.2) is 0 Å². The summed E-state index contributed by atoms with van der Waals surface area (Å²) >= 11 is 4.35. The molecular weight excluding hydrogens is 599 g/mol. The highest BCUT2D eigenvalue weighted by Gasteiger charge is 2.24. The first-order chi connectivity index (χ1) is 18.0. The van der Waals surface area contributed by atoms with Crippen LogP contribution in [0.1, 0.15) is 87.4 Å². The van der Waals surface area contributed by atoms with Crippen molar-refractivity contribution in [1.29, 1.82) is 0 Å². The predicted molar refractivity (Wildman–Crippen MR) is 172 cm³/mol. The zero-order chi connectivity index (χ0) is 26.7. The van der Waals surface area contributed by atoms with Gasteiger partial charge in [0.2, 0.25) is 0 Å². The molecule has 0 aliphatic rings. The van der Waals surface area contributed by atoms with Gasteiger partial charge < -0.3 is 0 Å². The lowest BCUT2D eigenvalue weighted by Gasteiger charge is -2.19. The molecule has 0 spiro atoms. The number of halogens is 1. The van der Waals surface area contributed by atoms with Crippen LogP contribution in [0.4, 0.5) is 0 Å². The van der Waals surface area contributed by atoms with Gasteiger partial charge in [-0.15, -0.1) is 16.9 Å². The molecule has 194 valence electrons. The number of hydrogen-bond donors (Lipinski definition) is 0. The molecule has 0 bridgehead atoms. The van der Waals surface area contributed by atoms with Crippen LogP contribution < -0.4 is 0 Å². The summed E-state index contributed by atoms with van der Waals surface area (Å²) in [4.78, 5) is 10.5. The Hall–Kier alpha value is -1.93. The molecule has 0 atom stereocenters. The molecule has 0 saturated heterocycles. The smallest absolute Gasteiger partial charge is 0.138 e. The van der Waals surface area contributed by atoms with Gasteiger partial charge in [-0.25, -0.2) is 0 Å². The summed E-state index contributed by atoms with van der Waals surface area (Å²) in [6, 6.07) is 11.8. The summed E-state index contributed by atoms with van der Waals surface area (Å²) in [7, 11) is -1.45. The van der Waals surface area contributed by atoms with E-state index in [1.165, 1.54) is 62.7 Å². The van der Waals surface area contributed by atoms with E-state index in [0.29, 0.717) is 0 Å². The van der Waals surface area contributed by atoms with Crippen LogP contribution in [0.3, 0.4) is 0 Å². The van der Waals surface area contributed by atoms with E-state index in [0.717, 1.165) is 35.4 Å². The number of rotatable bonds is 10. The molecule has 3 aromatic heterocycles. The van der Waals surface area contributed by atoms with Gasteiger partial charge in [-0.1, -0.05) is 65.2 Å². The lowest BCUT2D eigenvalue weighted by molar-refractivity contribution is 0.759. The molecule has 0 aliphatic carbocycles. The Kier molecular flexibility index (Phi) is 11.9. The van der Waals surface area contributed by atoms with Crippen molar-refractivity contribution in [3.63, 3.8) is 0 Å². The third-order valence-corrected chi connectivity index (χ3v) is 14.2. The lowest BCUT2D eigenvalue weighted by Crippen LogP contribution is -2.29. The standard InChI is InChI=1S/C32H39IN2SSi/c1-6-11-13-27-28(14-12-7-2)32(33)36-31(27)20-17-25-15-18-29(34-23-25)30-19-16-26(24-35-30)21-22-37(8-3,9-4)10-5/h15-16,18-19,23-24H,6-14H2,1-5H3. The Morgan fingerprint density at radius 1 is 0.730 bits per heavy atom. The van der Waals surface area contributed by atoms with E-state index < -0.39 is 8.07 Å². The quantitative estimate of drug-likeness (QED) is 0.126. The second kappa shape index (κ2) is 14.9. The average Bonchev–Trinajstić information content (AvgIpc) is 3.24. The molecule has 0 amide bonds. The van der Waals surface area contributed by atoms with Crippen molar-refractivity contribution in [2.45, 2.75) is 91.3 Å². The molecule has 3 aromatic rings. The van der Waals surface area contributed by atoms with Gasteiger partial charge in [-0.2, -0.15) is 0 Å². The van der Waals surface area contributed by atoms with E-state index >= 15 is 0 Å². The van der Waals surface area contributed by atoms with E-state index in [9.17, 15) is 0 Å². The zero-order valence-electron chi connectivity index (χ0n) is 23.0. The number of unbranched alkanes of at least 4 members (excludes halogenated alkanes) is 2. The van der Waals surface area contributed by atoms with Crippen LogP contribution in [0, 0.1) is 26.2 Å². The highest BCUT2D eigenvalue weighted by atomic mass is 127. The second-order valence-electron chi connectivity index (χ2n) is 9.57. The Morgan fingerprint density at radius 2 is 1.27 bits per heavy atom. The van der Waals surface area contributed by atoms with E-state index in [1.807, 2.05) is 35.9 Å². The predicted octanol–water partition coefficient (Wildman–Crippen LogP) is 9.29. The van der Waals surface area contributed by atoms with E-state index in [4.69, 9.17) is 0 Å². The van der Waals surface area contributed by atoms with Crippen LogP contribution in [0.5, 0.6) is 0 Å². The molecule has 2 nitrogen and oxygen atoms in total. The maximum Gasteiger partial charge on any atom is 0.138 e. The maximum absolute atomic E-state index is 4.66. The van der Waals surface area contributed by atoms with Gasteiger partial charge >= 0.3 is 0 Å². The summed E-state index contributed by atoms with van der Waals surface area (Å²) in [6.07, 6.45) is 10.9. The molecule has 0 fully saturated rings. The number of nitrogens with zero attached hydrogens (tertiary/aromatic N) is 2. The monoisotopic (exact) mass is 638 g/mol. The Bertz CT molecular complexity index is 1260. The number of aromatic nitrogens is 2. The number of thiophene rings is 1. The van der Waals surface area contributed by atoms with E-state index in [-0.39, 0.29) is 0 Å². The third kappa shape index (κ3) is 8.03. The molecule has 0 unspecified atom stereocenters. The number of pyridine rings is 2. The molecule has 0 aliphatic heterocycles. The average molecular weight is 639 g/mol. The second-order valence-corrected chi connectivity index (χ2v) is 17.3. The van der Waals surface area contributed by atoms with Gasteiger partial charge in [-0.05, 0) is 102 Å². The summed E-state index contributed by atoms with van der Waals surface area (Å²) in [5, 5.41) is 0. The minimum Gasteiger partial charge on any atom is -0.253 e. The molecule has 0 aromatic carbocycles. The van der Waals surface area contributed by atoms with Gasteiger partial charge in [0.05, 0.1) is 19.1 Å². The van der Waals surface area contributed by atoms with Crippen molar-refractivity contribution in [3.05, 3.63) is 66.7 Å². The molecule has 3 rings (SSSR count). The van der Waals surface area contributed by atoms with Crippen molar-refractivity contribution in [2.24, 2.45) is 0 Å². The highest BCUT2D eigenvalue weighted by Crippen LogP contribution is 2.32. The van der Waals surface area contributed by atoms with Crippen LogP contribution in [-0.2, 0) is 12.8 Å². The fourth-order valence-corrected chi connectivity index (χ4v) is 9.05. The van der Waals surface area contributed by atoms with Gasteiger partial charge in [0, 0.05) is 23.5 Å². The molecule has 37 heavy (non-hydrogen) atoms. The molecule has 3 heterocycles. The van der Waals surface area contributed by atoms with Crippen molar-refractivity contribution in [1.82, 2.24) is 9.97 Å². The first kappa shape index (κ1) is 29.6. The van der Waals surface area contributed by atoms with Crippen LogP contribution >= 0.6 is 33.9 Å². The maximum atomic E-state index is 4.66. The topological polar surface area (TPSA) is 25.8 Å². The SMILES string of the molecule is CCCCc1c(I)sc(C#Cc2ccc(-c3ccc(C#C[Si](CC)(CC)CC)cn3)nc2)c1CCCC. The largest absolute Gasteiger partial charge is 0.253 e. The van der Waals surface area contributed by atoms with E-state index in [2.05, 4.69) is 103 Å². The zero-order valence-corrected chi connectivity index (χ0v) is 27.0. The summed E-state index contributed by atoms with van der Waals surface area (Å²) in [5.74, 6) is 10.3. The Balaban J connectivity index is 1.77. The summed E-state index contributed by atoms with van der Waals surface area (Å²) in [5.41, 5.74) is 10.3.